The van der Waals surface area contributed by atoms with Crippen molar-refractivity contribution in [2.45, 2.75) is 25.8 Å². The Hall–Kier alpha value is -0.520. The molecule has 0 radical (unpaired) electrons. The van der Waals surface area contributed by atoms with Gasteiger partial charge in [0.2, 0.25) is 0 Å². The molecule has 1 amide bonds. The minimum atomic E-state index is 0. The molecular formula is C12H18BrClN2O2. The van der Waals surface area contributed by atoms with Gasteiger partial charge in [0.1, 0.15) is 6.26 Å². The van der Waals surface area contributed by atoms with E-state index < -0.39 is 0 Å². The molecule has 6 heteroatoms. The van der Waals surface area contributed by atoms with Crippen LogP contribution < -0.4 is 5.73 Å². The third-order valence-electron chi connectivity index (χ3n) is 3.38. The van der Waals surface area contributed by atoms with Crippen molar-refractivity contribution in [1.29, 1.82) is 0 Å². The van der Waals surface area contributed by atoms with Crippen molar-refractivity contribution in [3.8, 4) is 0 Å². The van der Waals surface area contributed by atoms with E-state index in [2.05, 4.69) is 15.9 Å². The average molecular weight is 338 g/mol. The molecule has 0 saturated carbocycles. The van der Waals surface area contributed by atoms with Gasteiger partial charge in [0.25, 0.3) is 5.91 Å². The lowest BCUT2D eigenvalue weighted by molar-refractivity contribution is 0.0680. The Kier molecular flexibility index (Phi) is 5.69. The number of piperidine rings is 1. The number of amides is 1. The number of halogens is 2. The van der Waals surface area contributed by atoms with E-state index in [0.717, 1.165) is 25.9 Å². The van der Waals surface area contributed by atoms with Gasteiger partial charge in [-0.2, -0.15) is 0 Å². The van der Waals surface area contributed by atoms with Crippen LogP contribution in [-0.2, 0) is 0 Å². The molecule has 1 fully saturated rings. The number of nitrogens with two attached hydrogens (primary N) is 1. The third kappa shape index (κ3) is 3.49. The SMILES string of the molecule is CC(N)C1CCN(C(=O)c2coc(Br)c2)CC1.Cl. The second-order valence-corrected chi connectivity index (χ2v) is 5.41. The largest absolute Gasteiger partial charge is 0.457 e. The Morgan fingerprint density at radius 1 is 1.56 bits per heavy atom. The van der Waals surface area contributed by atoms with Crippen LogP contribution in [0.4, 0.5) is 0 Å². The number of carbonyl (C=O) groups excluding carboxylic acids is 1. The van der Waals surface area contributed by atoms with E-state index in [1.807, 2.05) is 11.8 Å². The van der Waals surface area contributed by atoms with Crippen LogP contribution in [0.5, 0.6) is 0 Å². The lowest BCUT2D eigenvalue weighted by Gasteiger charge is -2.33. The second kappa shape index (κ2) is 6.59. The predicted molar refractivity (Wildman–Crippen MR) is 75.9 cm³/mol. The fourth-order valence-corrected chi connectivity index (χ4v) is 2.57. The van der Waals surface area contributed by atoms with Gasteiger partial charge < -0.3 is 15.1 Å². The fraction of sp³-hybridized carbons (Fsp3) is 0.583. The van der Waals surface area contributed by atoms with Crippen molar-refractivity contribution in [1.82, 2.24) is 4.90 Å². The van der Waals surface area contributed by atoms with Gasteiger partial charge >= 0.3 is 0 Å². The second-order valence-electron chi connectivity index (χ2n) is 4.63. The Labute approximate surface area is 121 Å². The summed E-state index contributed by atoms with van der Waals surface area (Å²) >= 11 is 3.20. The molecule has 1 aromatic heterocycles. The molecule has 2 heterocycles. The van der Waals surface area contributed by atoms with Crippen LogP contribution in [0.3, 0.4) is 0 Å². The highest BCUT2D eigenvalue weighted by Gasteiger charge is 2.26. The summed E-state index contributed by atoms with van der Waals surface area (Å²) in [6.07, 6.45) is 3.47. The maximum atomic E-state index is 12.1. The van der Waals surface area contributed by atoms with E-state index >= 15 is 0 Å². The molecule has 1 aliphatic heterocycles. The standard InChI is InChI=1S/C12H17BrN2O2.ClH/c1-8(14)9-2-4-15(5-3-9)12(16)10-6-11(13)17-7-10;/h6-9H,2-5,14H2,1H3;1H. The first-order valence-corrected chi connectivity index (χ1v) is 6.66. The molecule has 18 heavy (non-hydrogen) atoms. The van der Waals surface area contributed by atoms with Crippen molar-refractivity contribution in [2.75, 3.05) is 13.1 Å². The normalized spacial score (nSPS) is 18.3. The molecule has 1 aromatic rings. The first kappa shape index (κ1) is 15.5. The number of hydrogen-bond donors (Lipinski definition) is 1. The van der Waals surface area contributed by atoms with Gasteiger partial charge in [0, 0.05) is 25.2 Å². The summed E-state index contributed by atoms with van der Waals surface area (Å²) in [5, 5.41) is 0. The van der Waals surface area contributed by atoms with Gasteiger partial charge in [0.05, 0.1) is 5.56 Å². The average Bonchev–Trinajstić information content (AvgIpc) is 2.75. The van der Waals surface area contributed by atoms with E-state index in [1.54, 1.807) is 6.07 Å². The first-order valence-electron chi connectivity index (χ1n) is 5.87. The smallest absolute Gasteiger partial charge is 0.257 e. The van der Waals surface area contributed by atoms with Gasteiger partial charge in [-0.25, -0.2) is 0 Å². The van der Waals surface area contributed by atoms with E-state index in [9.17, 15) is 4.79 Å². The number of hydrogen-bond acceptors (Lipinski definition) is 3. The summed E-state index contributed by atoms with van der Waals surface area (Å²) in [5.41, 5.74) is 6.49. The molecule has 0 aliphatic carbocycles. The Morgan fingerprint density at radius 3 is 2.61 bits per heavy atom. The molecule has 2 N–H and O–H groups in total. The number of nitrogens with zero attached hydrogens (tertiary/aromatic N) is 1. The zero-order chi connectivity index (χ0) is 12.4. The minimum absolute atomic E-state index is 0. The zero-order valence-corrected chi connectivity index (χ0v) is 12.7. The van der Waals surface area contributed by atoms with Crippen molar-refractivity contribution in [2.24, 2.45) is 11.7 Å². The van der Waals surface area contributed by atoms with Gasteiger partial charge in [-0.15, -0.1) is 12.4 Å². The van der Waals surface area contributed by atoms with Gasteiger partial charge in [-0.1, -0.05) is 0 Å². The Bertz CT molecular complexity index is 401. The van der Waals surface area contributed by atoms with Crippen molar-refractivity contribution < 1.29 is 9.21 Å². The van der Waals surface area contributed by atoms with E-state index in [1.165, 1.54) is 6.26 Å². The summed E-state index contributed by atoms with van der Waals surface area (Å²) in [6.45, 7) is 3.61. The Morgan fingerprint density at radius 2 is 2.17 bits per heavy atom. The first-order chi connectivity index (χ1) is 8.08. The molecule has 1 atom stereocenters. The number of likely N-dealkylation sites (tertiary alicyclic amines) is 1. The van der Waals surface area contributed by atoms with E-state index in [0.29, 0.717) is 16.2 Å². The molecule has 0 aromatic carbocycles. The topological polar surface area (TPSA) is 59.5 Å². The molecule has 1 saturated heterocycles. The van der Waals surface area contributed by atoms with Gasteiger partial charge in [-0.05, 0) is 41.6 Å². The third-order valence-corrected chi connectivity index (χ3v) is 3.80. The van der Waals surface area contributed by atoms with Crippen molar-refractivity contribution in [3.05, 3.63) is 22.6 Å². The summed E-state index contributed by atoms with van der Waals surface area (Å²) < 4.78 is 5.67. The summed E-state index contributed by atoms with van der Waals surface area (Å²) in [7, 11) is 0. The number of furan rings is 1. The molecule has 1 unspecified atom stereocenters. The highest BCUT2D eigenvalue weighted by molar-refractivity contribution is 9.10. The highest BCUT2D eigenvalue weighted by Crippen LogP contribution is 2.22. The van der Waals surface area contributed by atoms with E-state index in [-0.39, 0.29) is 24.4 Å². The predicted octanol–water partition coefficient (Wildman–Crippen LogP) is 2.66. The van der Waals surface area contributed by atoms with Crippen LogP contribution in [0.25, 0.3) is 0 Å². The zero-order valence-electron chi connectivity index (χ0n) is 10.3. The molecule has 102 valence electrons. The summed E-state index contributed by atoms with van der Waals surface area (Å²) in [6, 6.07) is 1.93. The summed E-state index contributed by atoms with van der Waals surface area (Å²) in [4.78, 5) is 14.0. The van der Waals surface area contributed by atoms with Crippen LogP contribution in [0.15, 0.2) is 21.4 Å². The number of carbonyl (C=O) groups is 1. The lowest BCUT2D eigenvalue weighted by Crippen LogP contribution is -2.42. The van der Waals surface area contributed by atoms with Gasteiger partial charge in [-0.3, -0.25) is 4.79 Å². The van der Waals surface area contributed by atoms with Gasteiger partial charge in [0.15, 0.2) is 4.67 Å². The molecule has 4 nitrogen and oxygen atoms in total. The van der Waals surface area contributed by atoms with Crippen LogP contribution in [0, 0.1) is 5.92 Å². The fourth-order valence-electron chi connectivity index (χ4n) is 2.23. The quantitative estimate of drug-likeness (QED) is 0.902. The molecular weight excluding hydrogens is 320 g/mol. The van der Waals surface area contributed by atoms with Crippen LogP contribution in [-0.4, -0.2) is 29.9 Å². The number of rotatable bonds is 2. The molecule has 2 rings (SSSR count). The summed E-state index contributed by atoms with van der Waals surface area (Å²) in [5.74, 6) is 0.581. The minimum Gasteiger partial charge on any atom is -0.457 e. The van der Waals surface area contributed by atoms with Crippen LogP contribution in [0.2, 0.25) is 0 Å². The van der Waals surface area contributed by atoms with Crippen molar-refractivity contribution >= 4 is 34.2 Å². The molecule has 1 aliphatic rings. The van der Waals surface area contributed by atoms with Crippen LogP contribution >= 0.6 is 28.3 Å². The molecule has 0 spiro atoms. The maximum Gasteiger partial charge on any atom is 0.257 e. The Balaban J connectivity index is 0.00000162. The molecule has 0 bridgehead atoms. The van der Waals surface area contributed by atoms with Crippen molar-refractivity contribution in [3.63, 3.8) is 0 Å². The monoisotopic (exact) mass is 336 g/mol. The van der Waals surface area contributed by atoms with Crippen LogP contribution in [0.1, 0.15) is 30.1 Å². The van der Waals surface area contributed by atoms with E-state index in [4.69, 9.17) is 10.2 Å². The maximum absolute atomic E-state index is 12.1. The highest BCUT2D eigenvalue weighted by atomic mass is 79.9. The lowest BCUT2D eigenvalue weighted by atomic mass is 9.91.